The van der Waals surface area contributed by atoms with Gasteiger partial charge in [-0.25, -0.2) is 4.79 Å². The maximum atomic E-state index is 11.0. The van der Waals surface area contributed by atoms with Gasteiger partial charge in [0.05, 0.1) is 6.61 Å². The van der Waals surface area contributed by atoms with Gasteiger partial charge in [0.25, 0.3) is 0 Å². The van der Waals surface area contributed by atoms with Crippen molar-refractivity contribution in [1.82, 2.24) is 0 Å². The number of hydrogen-bond acceptors (Lipinski definition) is 3. The topological polar surface area (TPSA) is 72.5 Å². The molecule has 0 aliphatic carbocycles. The minimum Gasteiger partial charge on any atom is -0.493 e. The molecule has 88 valence electrons. The number of unbranched alkanes of at least 4 members (excludes halogenated alkanes) is 2. The molecule has 0 spiro atoms. The molecule has 0 saturated carbocycles. The third kappa shape index (κ3) is 3.15. The number of carbonyl (C=O) groups is 1. The van der Waals surface area contributed by atoms with Crippen molar-refractivity contribution in [2.24, 2.45) is 0 Å². The van der Waals surface area contributed by atoms with Crippen molar-refractivity contribution in [3.63, 3.8) is 0 Å². The highest BCUT2D eigenvalue weighted by Gasteiger charge is 2.14. The van der Waals surface area contributed by atoms with E-state index in [2.05, 4.69) is 6.92 Å². The normalized spacial score (nSPS) is 10.1. The zero-order valence-electron chi connectivity index (χ0n) is 9.40. The fourth-order valence-corrected chi connectivity index (χ4v) is 1.43. The first-order chi connectivity index (χ1) is 7.66. The highest BCUT2D eigenvalue weighted by molar-refractivity contribution is 5.96. The van der Waals surface area contributed by atoms with Crippen LogP contribution in [0.3, 0.4) is 0 Å². The van der Waals surface area contributed by atoms with Crippen molar-refractivity contribution in [3.8, 4) is 5.75 Å². The van der Waals surface area contributed by atoms with Crippen LogP contribution in [0, 0.1) is 0 Å². The SMILES string of the molecule is CCCCCOc1cccc(N)c1C(=O)O. The van der Waals surface area contributed by atoms with E-state index in [9.17, 15) is 4.79 Å². The largest absolute Gasteiger partial charge is 0.493 e. The van der Waals surface area contributed by atoms with Crippen LogP contribution in [0.25, 0.3) is 0 Å². The lowest BCUT2D eigenvalue weighted by Gasteiger charge is -2.10. The molecule has 1 aromatic rings. The minimum absolute atomic E-state index is 0.0546. The molecule has 4 nitrogen and oxygen atoms in total. The smallest absolute Gasteiger partial charge is 0.341 e. The molecule has 0 fully saturated rings. The second kappa shape index (κ2) is 6.00. The number of nitrogen functional groups attached to an aromatic ring is 1. The van der Waals surface area contributed by atoms with Crippen LogP contribution >= 0.6 is 0 Å². The molecule has 0 bridgehead atoms. The van der Waals surface area contributed by atoms with Gasteiger partial charge in [-0.1, -0.05) is 25.8 Å². The molecule has 0 saturated heterocycles. The zero-order valence-corrected chi connectivity index (χ0v) is 9.40. The molecule has 0 atom stereocenters. The van der Waals surface area contributed by atoms with Gasteiger partial charge in [0.15, 0.2) is 0 Å². The zero-order chi connectivity index (χ0) is 12.0. The van der Waals surface area contributed by atoms with Gasteiger partial charge in [-0.15, -0.1) is 0 Å². The third-order valence-corrected chi connectivity index (χ3v) is 2.28. The van der Waals surface area contributed by atoms with E-state index >= 15 is 0 Å². The summed E-state index contributed by atoms with van der Waals surface area (Å²) in [6.07, 6.45) is 3.10. The van der Waals surface area contributed by atoms with Crippen LogP contribution in [-0.2, 0) is 0 Å². The molecule has 0 amide bonds. The van der Waals surface area contributed by atoms with Gasteiger partial charge in [0.1, 0.15) is 11.3 Å². The fraction of sp³-hybridized carbons (Fsp3) is 0.417. The van der Waals surface area contributed by atoms with E-state index in [4.69, 9.17) is 15.6 Å². The summed E-state index contributed by atoms with van der Waals surface area (Å²) >= 11 is 0. The number of hydrogen-bond donors (Lipinski definition) is 2. The Kier molecular flexibility index (Phi) is 4.64. The van der Waals surface area contributed by atoms with Gasteiger partial charge in [0.2, 0.25) is 0 Å². The summed E-state index contributed by atoms with van der Waals surface area (Å²) in [7, 11) is 0. The molecule has 4 heteroatoms. The number of ether oxygens (including phenoxy) is 1. The van der Waals surface area contributed by atoms with Gasteiger partial charge < -0.3 is 15.6 Å². The van der Waals surface area contributed by atoms with Crippen LogP contribution in [0.15, 0.2) is 18.2 Å². The Morgan fingerprint density at radius 2 is 2.19 bits per heavy atom. The highest BCUT2D eigenvalue weighted by Crippen LogP contribution is 2.24. The highest BCUT2D eigenvalue weighted by atomic mass is 16.5. The third-order valence-electron chi connectivity index (χ3n) is 2.28. The molecule has 3 N–H and O–H groups in total. The molecule has 0 aliphatic heterocycles. The summed E-state index contributed by atoms with van der Waals surface area (Å²) in [5, 5.41) is 8.99. The molecule has 0 heterocycles. The number of aromatic carboxylic acids is 1. The summed E-state index contributed by atoms with van der Waals surface area (Å²) in [6, 6.07) is 4.88. The monoisotopic (exact) mass is 223 g/mol. The molecular formula is C12H17NO3. The Labute approximate surface area is 95.0 Å². The van der Waals surface area contributed by atoms with Gasteiger partial charge in [0, 0.05) is 5.69 Å². The first kappa shape index (κ1) is 12.4. The van der Waals surface area contributed by atoms with Crippen molar-refractivity contribution in [2.75, 3.05) is 12.3 Å². The number of carboxylic acids is 1. The van der Waals surface area contributed by atoms with E-state index in [1.165, 1.54) is 0 Å². The average molecular weight is 223 g/mol. The van der Waals surface area contributed by atoms with Crippen molar-refractivity contribution >= 4 is 11.7 Å². The molecule has 0 aromatic heterocycles. The minimum atomic E-state index is -1.05. The van der Waals surface area contributed by atoms with Gasteiger partial charge in [-0.3, -0.25) is 0 Å². The number of anilines is 1. The van der Waals surface area contributed by atoms with Crippen LogP contribution < -0.4 is 10.5 Å². The maximum Gasteiger partial charge on any atom is 0.341 e. The van der Waals surface area contributed by atoms with Crippen molar-refractivity contribution in [2.45, 2.75) is 26.2 Å². The lowest BCUT2D eigenvalue weighted by molar-refractivity contribution is 0.0693. The molecule has 1 aromatic carbocycles. The molecule has 16 heavy (non-hydrogen) atoms. The Hall–Kier alpha value is -1.71. The quantitative estimate of drug-likeness (QED) is 0.574. The van der Waals surface area contributed by atoms with E-state index < -0.39 is 5.97 Å². The number of nitrogens with two attached hydrogens (primary N) is 1. The summed E-state index contributed by atoms with van der Waals surface area (Å²) in [5.41, 5.74) is 5.88. The molecule has 0 unspecified atom stereocenters. The Morgan fingerprint density at radius 1 is 1.44 bits per heavy atom. The van der Waals surface area contributed by atoms with Crippen LogP contribution in [0.4, 0.5) is 5.69 Å². The molecule has 0 radical (unpaired) electrons. The first-order valence-electron chi connectivity index (χ1n) is 5.41. The maximum absolute atomic E-state index is 11.0. The number of benzene rings is 1. The first-order valence-corrected chi connectivity index (χ1v) is 5.41. The van der Waals surface area contributed by atoms with E-state index in [1.54, 1.807) is 18.2 Å². The number of carboxylic acid groups (broad SMARTS) is 1. The summed E-state index contributed by atoms with van der Waals surface area (Å²) in [5.74, 6) is -0.702. The summed E-state index contributed by atoms with van der Waals surface area (Å²) in [6.45, 7) is 2.63. The van der Waals surface area contributed by atoms with Crippen LogP contribution in [0.2, 0.25) is 0 Å². The van der Waals surface area contributed by atoms with Crippen LogP contribution in [0.5, 0.6) is 5.75 Å². The van der Waals surface area contributed by atoms with Gasteiger partial charge in [-0.05, 0) is 18.6 Å². The van der Waals surface area contributed by atoms with Crippen LogP contribution in [-0.4, -0.2) is 17.7 Å². The molecule has 1 rings (SSSR count). The van der Waals surface area contributed by atoms with E-state index in [1.807, 2.05) is 0 Å². The molecule has 0 aliphatic rings. The lowest BCUT2D eigenvalue weighted by Crippen LogP contribution is -2.07. The second-order valence-electron chi connectivity index (χ2n) is 3.58. The Bertz CT molecular complexity index is 363. The van der Waals surface area contributed by atoms with Crippen LogP contribution in [0.1, 0.15) is 36.5 Å². The van der Waals surface area contributed by atoms with E-state index in [0.29, 0.717) is 12.4 Å². The summed E-state index contributed by atoms with van der Waals surface area (Å²) in [4.78, 5) is 11.0. The van der Waals surface area contributed by atoms with E-state index in [0.717, 1.165) is 19.3 Å². The van der Waals surface area contributed by atoms with Gasteiger partial charge >= 0.3 is 5.97 Å². The standard InChI is InChI=1S/C12H17NO3/c1-2-3-4-8-16-10-7-5-6-9(13)11(10)12(14)15/h5-7H,2-4,8,13H2,1H3,(H,14,15). The predicted molar refractivity (Wildman–Crippen MR) is 62.8 cm³/mol. The summed E-state index contributed by atoms with van der Waals surface area (Å²) < 4.78 is 5.42. The number of rotatable bonds is 6. The fourth-order valence-electron chi connectivity index (χ4n) is 1.43. The van der Waals surface area contributed by atoms with Crippen molar-refractivity contribution in [3.05, 3.63) is 23.8 Å². The van der Waals surface area contributed by atoms with Gasteiger partial charge in [-0.2, -0.15) is 0 Å². The second-order valence-corrected chi connectivity index (χ2v) is 3.58. The van der Waals surface area contributed by atoms with Crippen molar-refractivity contribution in [1.29, 1.82) is 0 Å². The lowest BCUT2D eigenvalue weighted by atomic mass is 10.1. The Morgan fingerprint density at radius 3 is 2.81 bits per heavy atom. The molecular weight excluding hydrogens is 206 g/mol. The predicted octanol–water partition coefficient (Wildman–Crippen LogP) is 2.54. The van der Waals surface area contributed by atoms with Crippen molar-refractivity contribution < 1.29 is 14.6 Å². The average Bonchev–Trinajstić information content (AvgIpc) is 2.24. The Balaban J connectivity index is 2.71. The van der Waals surface area contributed by atoms with E-state index in [-0.39, 0.29) is 11.3 Å².